The van der Waals surface area contributed by atoms with Crippen LogP contribution in [0, 0.1) is 5.92 Å². The second-order valence-corrected chi connectivity index (χ2v) is 6.37. The molecule has 0 aliphatic carbocycles. The van der Waals surface area contributed by atoms with Gasteiger partial charge in [0.1, 0.15) is 11.6 Å². The third-order valence-corrected chi connectivity index (χ3v) is 3.24. The lowest BCUT2D eigenvalue weighted by Gasteiger charge is -2.26. The maximum Gasteiger partial charge on any atom is 0.417 e. The Kier molecular flexibility index (Phi) is 6.51. The number of carbonyl (C=O) groups excluding carboxylic acids is 3. The first-order valence-electron chi connectivity index (χ1n) is 7.69. The number of carboxylic acids is 1. The van der Waals surface area contributed by atoms with Gasteiger partial charge in [-0.05, 0) is 40.5 Å². The summed E-state index contributed by atoms with van der Waals surface area (Å²) in [4.78, 5) is 48.1. The minimum atomic E-state index is -1.13. The molecule has 2 atom stereocenters. The molecule has 8 nitrogen and oxygen atoms in total. The number of carbonyl (C=O) groups is 4. The molecule has 0 aromatic heterocycles. The predicted molar refractivity (Wildman–Crippen MR) is 83.0 cm³/mol. The van der Waals surface area contributed by atoms with Crippen LogP contribution in [0.25, 0.3) is 0 Å². The van der Waals surface area contributed by atoms with Gasteiger partial charge in [0.15, 0.2) is 0 Å². The van der Waals surface area contributed by atoms with E-state index >= 15 is 0 Å². The van der Waals surface area contributed by atoms with Crippen molar-refractivity contribution in [3.63, 3.8) is 0 Å². The molecule has 134 valence electrons. The highest BCUT2D eigenvalue weighted by Crippen LogP contribution is 2.30. The number of imide groups is 1. The zero-order valence-corrected chi connectivity index (χ0v) is 14.3. The molecular weight excluding hydrogens is 318 g/mol. The van der Waals surface area contributed by atoms with Gasteiger partial charge >= 0.3 is 18.0 Å². The number of likely N-dealkylation sites (tertiary alicyclic amines) is 1. The highest BCUT2D eigenvalue weighted by atomic mass is 16.6. The Hall–Kier alpha value is -2.38. The average Bonchev–Trinajstić information content (AvgIpc) is 2.74. The third-order valence-electron chi connectivity index (χ3n) is 3.24. The van der Waals surface area contributed by atoms with Crippen LogP contribution in [0.3, 0.4) is 0 Å². The number of hydrogen-bond donors (Lipinski definition) is 1. The Balaban J connectivity index is 2.97. The Morgan fingerprint density at radius 2 is 1.96 bits per heavy atom. The molecule has 2 amide bonds. The van der Waals surface area contributed by atoms with E-state index in [0.717, 1.165) is 11.0 Å². The van der Waals surface area contributed by atoms with Gasteiger partial charge in [-0.15, -0.1) is 0 Å². The monoisotopic (exact) mass is 341 g/mol. The quantitative estimate of drug-likeness (QED) is 0.599. The van der Waals surface area contributed by atoms with E-state index in [-0.39, 0.29) is 19.4 Å². The fraction of sp³-hybridized carbons (Fsp3) is 0.625. The number of allylic oxidation sites excluding steroid dienone is 1. The zero-order valence-electron chi connectivity index (χ0n) is 14.3. The highest BCUT2D eigenvalue weighted by molar-refractivity contribution is 6.00. The number of ether oxygens (including phenoxy) is 2. The Labute approximate surface area is 140 Å². The van der Waals surface area contributed by atoms with Gasteiger partial charge in [-0.25, -0.2) is 19.3 Å². The molecular formula is C16H23NO7. The molecule has 0 aromatic carbocycles. The molecule has 0 bridgehead atoms. The van der Waals surface area contributed by atoms with Crippen LogP contribution in [0.5, 0.6) is 0 Å². The first-order chi connectivity index (χ1) is 11.1. The molecule has 1 fully saturated rings. The number of aliphatic carboxylic acids is 1. The Morgan fingerprint density at radius 3 is 2.46 bits per heavy atom. The molecule has 0 unspecified atom stereocenters. The average molecular weight is 341 g/mol. The minimum absolute atomic E-state index is 0.0703. The van der Waals surface area contributed by atoms with Crippen molar-refractivity contribution in [1.82, 2.24) is 4.90 Å². The summed E-state index contributed by atoms with van der Waals surface area (Å²) in [5, 5.41) is 8.60. The highest BCUT2D eigenvalue weighted by Gasteiger charge is 2.48. The van der Waals surface area contributed by atoms with Gasteiger partial charge in [-0.2, -0.15) is 0 Å². The van der Waals surface area contributed by atoms with Gasteiger partial charge in [-0.1, -0.05) is 6.08 Å². The van der Waals surface area contributed by atoms with Crippen LogP contribution in [0.1, 0.15) is 40.5 Å². The van der Waals surface area contributed by atoms with Crippen molar-refractivity contribution < 1.29 is 33.8 Å². The second kappa shape index (κ2) is 7.94. The van der Waals surface area contributed by atoms with Crippen molar-refractivity contribution in [2.45, 2.75) is 52.2 Å². The van der Waals surface area contributed by atoms with E-state index in [1.807, 2.05) is 0 Å². The molecule has 0 saturated carbocycles. The molecule has 1 saturated heterocycles. The van der Waals surface area contributed by atoms with Crippen molar-refractivity contribution >= 4 is 23.9 Å². The summed E-state index contributed by atoms with van der Waals surface area (Å²) < 4.78 is 10.1. The number of rotatable bonds is 5. The molecule has 0 spiro atoms. The van der Waals surface area contributed by atoms with Gasteiger partial charge in [0, 0.05) is 12.0 Å². The van der Waals surface area contributed by atoms with Crippen LogP contribution in [-0.2, 0) is 23.9 Å². The zero-order chi connectivity index (χ0) is 18.5. The summed E-state index contributed by atoms with van der Waals surface area (Å²) in [5.41, 5.74) is -0.822. The van der Waals surface area contributed by atoms with Crippen molar-refractivity contribution in [3.05, 3.63) is 12.2 Å². The van der Waals surface area contributed by atoms with E-state index in [1.165, 1.54) is 6.08 Å². The van der Waals surface area contributed by atoms with E-state index in [2.05, 4.69) is 0 Å². The lowest BCUT2D eigenvalue weighted by atomic mass is 10.0. The van der Waals surface area contributed by atoms with Crippen molar-refractivity contribution in [2.24, 2.45) is 5.92 Å². The van der Waals surface area contributed by atoms with E-state index in [1.54, 1.807) is 27.7 Å². The number of esters is 1. The molecule has 1 heterocycles. The fourth-order valence-corrected chi connectivity index (χ4v) is 2.32. The molecule has 1 rings (SSSR count). The number of hydrogen-bond acceptors (Lipinski definition) is 6. The lowest BCUT2D eigenvalue weighted by Crippen LogP contribution is -2.46. The molecule has 1 aliphatic heterocycles. The summed E-state index contributed by atoms with van der Waals surface area (Å²) in [6, 6.07) is -1.06. The minimum Gasteiger partial charge on any atom is -0.478 e. The van der Waals surface area contributed by atoms with Crippen molar-refractivity contribution in [3.8, 4) is 0 Å². The van der Waals surface area contributed by atoms with Gasteiger partial charge in [0.25, 0.3) is 0 Å². The van der Waals surface area contributed by atoms with Crippen LogP contribution < -0.4 is 0 Å². The fourth-order valence-electron chi connectivity index (χ4n) is 2.32. The largest absolute Gasteiger partial charge is 0.478 e. The molecule has 24 heavy (non-hydrogen) atoms. The van der Waals surface area contributed by atoms with E-state index in [0.29, 0.717) is 0 Å². The first-order valence-corrected chi connectivity index (χ1v) is 7.69. The third kappa shape index (κ3) is 5.36. The van der Waals surface area contributed by atoms with Gasteiger partial charge in [0.2, 0.25) is 5.91 Å². The molecule has 0 aromatic rings. The van der Waals surface area contributed by atoms with Gasteiger partial charge < -0.3 is 14.6 Å². The summed E-state index contributed by atoms with van der Waals surface area (Å²) in [5.74, 6) is -3.06. The van der Waals surface area contributed by atoms with Crippen LogP contribution in [-0.4, -0.2) is 52.2 Å². The van der Waals surface area contributed by atoms with Crippen LogP contribution >= 0.6 is 0 Å². The number of amides is 2. The van der Waals surface area contributed by atoms with Gasteiger partial charge in [0.05, 0.1) is 6.61 Å². The maximum atomic E-state index is 12.5. The molecule has 8 heteroatoms. The van der Waals surface area contributed by atoms with Crippen molar-refractivity contribution in [1.29, 1.82) is 0 Å². The molecule has 1 aliphatic rings. The summed E-state index contributed by atoms with van der Waals surface area (Å²) in [6.07, 6.45) is 1.52. The van der Waals surface area contributed by atoms with Crippen LogP contribution in [0.15, 0.2) is 12.2 Å². The molecule has 1 N–H and O–H groups in total. The standard InChI is InChI=1S/C16H23NO7/c1-5-23-14(21)11-9-10(7-6-8-12(18)19)13(20)17(11)15(22)24-16(2,3)4/h6,8,10-11H,5,7,9H2,1-4H3,(H,18,19)/b8-6+/t10-,11+/m1/s1. The number of nitrogens with zero attached hydrogens (tertiary/aromatic N) is 1. The summed E-state index contributed by atoms with van der Waals surface area (Å²) in [7, 11) is 0. The van der Waals surface area contributed by atoms with E-state index in [9.17, 15) is 19.2 Å². The SMILES string of the molecule is CCOC(=O)[C@@H]1C[C@@H](C/C=C/C(=O)O)C(=O)N1C(=O)OC(C)(C)C. The Morgan fingerprint density at radius 1 is 1.33 bits per heavy atom. The number of carboxylic acid groups (broad SMARTS) is 1. The first kappa shape index (κ1) is 19.7. The normalized spacial score (nSPS) is 21.2. The maximum absolute atomic E-state index is 12.5. The van der Waals surface area contributed by atoms with E-state index in [4.69, 9.17) is 14.6 Å². The van der Waals surface area contributed by atoms with Crippen LogP contribution in [0.2, 0.25) is 0 Å². The van der Waals surface area contributed by atoms with Gasteiger partial charge in [-0.3, -0.25) is 4.79 Å². The molecule has 0 radical (unpaired) electrons. The van der Waals surface area contributed by atoms with Crippen LogP contribution in [0.4, 0.5) is 4.79 Å². The lowest BCUT2D eigenvalue weighted by molar-refractivity contribution is -0.151. The smallest absolute Gasteiger partial charge is 0.417 e. The predicted octanol–water partition coefficient (Wildman–Crippen LogP) is 1.73. The summed E-state index contributed by atoms with van der Waals surface area (Å²) in [6.45, 7) is 6.70. The second-order valence-electron chi connectivity index (χ2n) is 6.37. The topological polar surface area (TPSA) is 110 Å². The van der Waals surface area contributed by atoms with Crippen molar-refractivity contribution in [2.75, 3.05) is 6.61 Å². The summed E-state index contributed by atoms with van der Waals surface area (Å²) >= 11 is 0. The Bertz CT molecular complexity index is 547. The van der Waals surface area contributed by atoms with E-state index < -0.39 is 41.5 Å².